The topological polar surface area (TPSA) is 102 Å². The van der Waals surface area contributed by atoms with Gasteiger partial charge in [0.15, 0.2) is 0 Å². The highest BCUT2D eigenvalue weighted by Gasteiger charge is 2.31. The number of rotatable bonds is 8. The molecule has 182 valence electrons. The van der Waals surface area contributed by atoms with E-state index >= 15 is 0 Å². The molecule has 2 heterocycles. The molecule has 1 aliphatic heterocycles. The predicted octanol–water partition coefficient (Wildman–Crippen LogP) is 4.27. The number of nitrogens with one attached hydrogen (secondary N) is 2. The number of amidine groups is 1. The number of ether oxygens (including phenoxy) is 1. The summed E-state index contributed by atoms with van der Waals surface area (Å²) < 4.78 is 45.3. The molecular weight excluding hydrogens is 459 g/mol. The van der Waals surface area contributed by atoms with Crippen LogP contribution in [0.3, 0.4) is 0 Å². The molecule has 0 bridgehead atoms. The molecular formula is C25H24F3N5O2. The number of anilines is 1. The lowest BCUT2D eigenvalue weighted by atomic mass is 10.1. The number of carbonyl (C=O) groups is 1. The summed E-state index contributed by atoms with van der Waals surface area (Å²) in [4.78, 5) is 21.1. The van der Waals surface area contributed by atoms with Crippen LogP contribution in [0.4, 0.5) is 18.9 Å². The first-order valence-electron chi connectivity index (χ1n) is 11.0. The van der Waals surface area contributed by atoms with Gasteiger partial charge in [-0.3, -0.25) is 14.8 Å². The van der Waals surface area contributed by atoms with Crippen LogP contribution in [0, 0.1) is 0 Å². The molecule has 0 spiro atoms. The van der Waals surface area contributed by atoms with E-state index in [1.807, 2.05) is 18.2 Å². The number of amides is 1. The Labute approximate surface area is 200 Å². The lowest BCUT2D eigenvalue weighted by Gasteiger charge is -2.13. The molecule has 1 aromatic heterocycles. The average molecular weight is 483 g/mol. The minimum absolute atomic E-state index is 0.0663. The number of hydrogen-bond acceptors (Lipinski definition) is 6. The third-order valence-electron chi connectivity index (χ3n) is 5.26. The van der Waals surface area contributed by atoms with Crippen molar-refractivity contribution in [3.63, 3.8) is 0 Å². The fraction of sp³-hybridized carbons (Fsp3) is 0.240. The highest BCUT2D eigenvalue weighted by Crippen LogP contribution is 2.32. The fourth-order valence-electron chi connectivity index (χ4n) is 3.60. The van der Waals surface area contributed by atoms with E-state index in [4.69, 9.17) is 10.5 Å². The second kappa shape index (κ2) is 10.6. The van der Waals surface area contributed by atoms with Crippen molar-refractivity contribution in [3.8, 4) is 11.5 Å². The number of aromatic nitrogens is 1. The Balaban J connectivity index is 1.37. The smallest absolute Gasteiger partial charge is 0.416 e. The number of nitrogens with two attached hydrogens (primary N) is 1. The van der Waals surface area contributed by atoms with Gasteiger partial charge >= 0.3 is 6.18 Å². The molecule has 4 rings (SSSR count). The summed E-state index contributed by atoms with van der Waals surface area (Å²) in [5.41, 5.74) is 6.55. The quantitative estimate of drug-likeness (QED) is 0.444. The number of pyridine rings is 1. The lowest BCUT2D eigenvalue weighted by molar-refractivity contribution is -0.137. The molecule has 0 saturated heterocycles. The van der Waals surface area contributed by atoms with Crippen molar-refractivity contribution in [3.05, 3.63) is 83.2 Å². The van der Waals surface area contributed by atoms with Crippen LogP contribution in [0.25, 0.3) is 0 Å². The van der Waals surface area contributed by atoms with Gasteiger partial charge < -0.3 is 21.1 Å². The van der Waals surface area contributed by atoms with Gasteiger partial charge in [-0.15, -0.1) is 0 Å². The molecule has 35 heavy (non-hydrogen) atoms. The van der Waals surface area contributed by atoms with Gasteiger partial charge in [-0.25, -0.2) is 0 Å². The minimum atomic E-state index is -4.53. The van der Waals surface area contributed by atoms with Gasteiger partial charge in [0.05, 0.1) is 12.1 Å². The van der Waals surface area contributed by atoms with Crippen LogP contribution < -0.4 is 21.1 Å². The number of carbonyl (C=O) groups excluding carboxylic acids is 1. The van der Waals surface area contributed by atoms with Gasteiger partial charge in [-0.05, 0) is 53.9 Å². The zero-order chi connectivity index (χ0) is 24.8. The molecule has 1 amide bonds. The summed E-state index contributed by atoms with van der Waals surface area (Å²) in [6, 6.07) is 14.1. The largest absolute Gasteiger partial charge is 0.457 e. The highest BCUT2D eigenvalue weighted by atomic mass is 19.4. The molecule has 3 aromatic rings. The van der Waals surface area contributed by atoms with E-state index in [1.54, 1.807) is 24.4 Å². The van der Waals surface area contributed by atoms with Crippen molar-refractivity contribution in [1.82, 2.24) is 10.3 Å². The summed E-state index contributed by atoms with van der Waals surface area (Å²) in [7, 11) is 0. The Bertz CT molecular complexity index is 1240. The molecule has 0 radical (unpaired) electrons. The molecule has 7 nitrogen and oxygen atoms in total. The Hall–Kier alpha value is -3.92. The number of aliphatic imine (C=N–C) groups is 1. The van der Waals surface area contributed by atoms with Crippen LogP contribution >= 0.6 is 0 Å². The van der Waals surface area contributed by atoms with E-state index in [0.717, 1.165) is 30.1 Å². The summed E-state index contributed by atoms with van der Waals surface area (Å²) in [6.07, 6.45) is -2.41. The molecule has 2 aromatic carbocycles. The van der Waals surface area contributed by atoms with Crippen molar-refractivity contribution in [1.29, 1.82) is 0 Å². The maximum Gasteiger partial charge on any atom is 0.416 e. The maximum absolute atomic E-state index is 13.1. The summed E-state index contributed by atoms with van der Waals surface area (Å²) in [5, 5.41) is 5.70. The van der Waals surface area contributed by atoms with Gasteiger partial charge in [0.1, 0.15) is 23.0 Å². The number of benzene rings is 2. The third kappa shape index (κ3) is 6.57. The molecule has 0 unspecified atom stereocenters. The van der Waals surface area contributed by atoms with Crippen LogP contribution in [0.2, 0.25) is 0 Å². The summed E-state index contributed by atoms with van der Waals surface area (Å²) >= 11 is 0. The van der Waals surface area contributed by atoms with Crippen LogP contribution in [-0.4, -0.2) is 29.8 Å². The van der Waals surface area contributed by atoms with E-state index in [0.29, 0.717) is 30.2 Å². The van der Waals surface area contributed by atoms with Gasteiger partial charge in [0.2, 0.25) is 5.91 Å². The third-order valence-corrected chi connectivity index (χ3v) is 5.26. The van der Waals surface area contributed by atoms with E-state index in [2.05, 4.69) is 20.6 Å². The molecule has 0 fully saturated rings. The van der Waals surface area contributed by atoms with E-state index in [9.17, 15) is 18.0 Å². The van der Waals surface area contributed by atoms with Crippen LogP contribution in [0.5, 0.6) is 11.5 Å². The second-order valence-electron chi connectivity index (χ2n) is 7.95. The second-order valence-corrected chi connectivity index (χ2v) is 7.95. The van der Waals surface area contributed by atoms with Gasteiger partial charge in [-0.2, -0.15) is 13.2 Å². The van der Waals surface area contributed by atoms with Crippen molar-refractivity contribution in [2.75, 3.05) is 18.4 Å². The number of halogens is 3. The Kier molecular flexibility index (Phi) is 7.31. The van der Waals surface area contributed by atoms with Crippen molar-refractivity contribution >= 4 is 17.4 Å². The molecule has 0 aliphatic carbocycles. The van der Waals surface area contributed by atoms with Gasteiger partial charge in [0, 0.05) is 37.5 Å². The van der Waals surface area contributed by atoms with Crippen molar-refractivity contribution in [2.24, 2.45) is 10.7 Å². The molecule has 0 saturated carbocycles. The van der Waals surface area contributed by atoms with E-state index in [-0.39, 0.29) is 24.2 Å². The number of alkyl halides is 3. The van der Waals surface area contributed by atoms with Crippen molar-refractivity contribution in [2.45, 2.75) is 25.6 Å². The average Bonchev–Trinajstić information content (AvgIpc) is 3.38. The molecule has 10 heteroatoms. The van der Waals surface area contributed by atoms with Crippen molar-refractivity contribution < 1.29 is 22.7 Å². The Morgan fingerprint density at radius 2 is 1.91 bits per heavy atom. The molecule has 1 aliphatic rings. The molecule has 0 atom stereocenters. The first kappa shape index (κ1) is 24.2. The van der Waals surface area contributed by atoms with Crippen LogP contribution in [0.1, 0.15) is 28.8 Å². The SMILES string of the molecule is NCc1cc(NC(=O)CCc2cccc(Oc3ccnc(C4=NCCN4)c3)c2)cc(C(F)(F)F)c1. The Morgan fingerprint density at radius 3 is 2.66 bits per heavy atom. The number of hydrogen-bond donors (Lipinski definition) is 3. The monoisotopic (exact) mass is 483 g/mol. The standard InChI is InChI=1S/C25H24F3N5O2/c26-25(27,28)18-10-17(15-29)11-19(13-18)33-23(34)5-4-16-2-1-3-20(12-16)35-21-6-7-30-22(14-21)24-31-8-9-32-24/h1-3,6-7,10-14H,4-5,8-9,15,29H2,(H,31,32)(H,33,34). The summed E-state index contributed by atoms with van der Waals surface area (Å²) in [6.45, 7) is 1.42. The number of aryl methyl sites for hydroxylation is 1. The lowest BCUT2D eigenvalue weighted by Crippen LogP contribution is -2.20. The highest BCUT2D eigenvalue weighted by molar-refractivity contribution is 5.98. The van der Waals surface area contributed by atoms with E-state index in [1.165, 1.54) is 6.07 Å². The summed E-state index contributed by atoms with van der Waals surface area (Å²) in [5.74, 6) is 1.52. The number of nitrogens with zero attached hydrogens (tertiary/aromatic N) is 2. The zero-order valence-corrected chi connectivity index (χ0v) is 18.7. The van der Waals surface area contributed by atoms with Gasteiger partial charge in [-0.1, -0.05) is 12.1 Å². The normalized spacial score (nSPS) is 13.2. The molecule has 4 N–H and O–H groups in total. The van der Waals surface area contributed by atoms with E-state index < -0.39 is 17.6 Å². The minimum Gasteiger partial charge on any atom is -0.457 e. The van der Waals surface area contributed by atoms with Crippen LogP contribution in [0.15, 0.2) is 65.8 Å². The predicted molar refractivity (Wildman–Crippen MR) is 126 cm³/mol. The first-order chi connectivity index (χ1) is 16.8. The van der Waals surface area contributed by atoms with Crippen LogP contribution in [-0.2, 0) is 23.9 Å². The fourth-order valence-corrected chi connectivity index (χ4v) is 3.60. The van der Waals surface area contributed by atoms with Gasteiger partial charge in [0.25, 0.3) is 0 Å². The zero-order valence-electron chi connectivity index (χ0n) is 18.7. The first-order valence-corrected chi connectivity index (χ1v) is 11.0. The maximum atomic E-state index is 13.1. The Morgan fingerprint density at radius 1 is 1.09 bits per heavy atom.